The molecule has 6 heteroatoms. The van der Waals surface area contributed by atoms with Gasteiger partial charge in [-0.1, -0.05) is 67.3 Å². The monoisotopic (exact) mass is 395 g/mol. The van der Waals surface area contributed by atoms with Crippen molar-refractivity contribution in [2.75, 3.05) is 27.4 Å². The summed E-state index contributed by atoms with van der Waals surface area (Å²) in [6.07, 6.45) is 1.16. The first kappa shape index (κ1) is 20.6. The Labute approximate surface area is 170 Å². The van der Waals surface area contributed by atoms with Crippen LogP contribution in [0.2, 0.25) is 0 Å². The summed E-state index contributed by atoms with van der Waals surface area (Å²) in [5, 5.41) is 0. The summed E-state index contributed by atoms with van der Waals surface area (Å²) in [5.74, 6) is -0.500. The summed E-state index contributed by atoms with van der Waals surface area (Å²) >= 11 is 0. The zero-order valence-corrected chi connectivity index (χ0v) is 16.7. The van der Waals surface area contributed by atoms with Crippen LogP contribution in [-0.4, -0.2) is 50.4 Å². The number of benzene rings is 2. The van der Waals surface area contributed by atoms with Gasteiger partial charge >= 0.3 is 12.1 Å². The molecule has 1 aliphatic rings. The quantitative estimate of drug-likeness (QED) is 0.550. The number of methoxy groups -OCH3 is 2. The van der Waals surface area contributed by atoms with Crippen LogP contribution in [0.3, 0.4) is 0 Å². The van der Waals surface area contributed by atoms with E-state index in [0.717, 1.165) is 16.7 Å². The molecule has 2 atom stereocenters. The van der Waals surface area contributed by atoms with Gasteiger partial charge in [-0.15, -0.1) is 0 Å². The van der Waals surface area contributed by atoms with E-state index < -0.39 is 23.7 Å². The summed E-state index contributed by atoms with van der Waals surface area (Å²) < 4.78 is 15.9. The van der Waals surface area contributed by atoms with E-state index >= 15 is 0 Å². The van der Waals surface area contributed by atoms with Crippen molar-refractivity contribution in [1.29, 1.82) is 0 Å². The molecule has 0 aliphatic carbocycles. The molecule has 1 saturated heterocycles. The maximum Gasteiger partial charge on any atom is 0.410 e. The third-order valence-corrected chi connectivity index (χ3v) is 5.27. The van der Waals surface area contributed by atoms with Gasteiger partial charge in [0.2, 0.25) is 0 Å². The second-order valence-corrected chi connectivity index (χ2v) is 6.88. The van der Waals surface area contributed by atoms with Crippen molar-refractivity contribution in [3.05, 3.63) is 72.8 Å². The number of hydrogen-bond donors (Lipinski definition) is 0. The zero-order valence-electron chi connectivity index (χ0n) is 16.7. The molecular formula is C23H25NO5. The standard InChI is InChI=1S/C23H25NO5/c1-4-14-29-22(26)24-16-23(28-3,15-20(24)21(25)27-2)19-12-10-18(11-13-19)17-8-6-5-7-9-17/h4-13,20H,1,14-16H2,2-3H3/t20-,23-/m0/s1. The van der Waals surface area contributed by atoms with E-state index in [2.05, 4.69) is 6.58 Å². The minimum absolute atomic E-state index is 0.0645. The molecule has 1 aliphatic heterocycles. The average Bonchev–Trinajstić information content (AvgIpc) is 3.19. The normalized spacial score (nSPS) is 20.9. The molecule has 0 spiro atoms. The molecule has 29 heavy (non-hydrogen) atoms. The fraction of sp³-hybridized carbons (Fsp3) is 0.304. The number of hydrogen-bond acceptors (Lipinski definition) is 5. The van der Waals surface area contributed by atoms with Gasteiger partial charge in [-0.25, -0.2) is 9.59 Å². The third-order valence-electron chi connectivity index (χ3n) is 5.27. The molecule has 1 heterocycles. The Bertz CT molecular complexity index is 865. The predicted octanol–water partition coefficient (Wildman–Crippen LogP) is 3.77. The van der Waals surface area contributed by atoms with Crippen LogP contribution >= 0.6 is 0 Å². The Morgan fingerprint density at radius 3 is 2.34 bits per heavy atom. The smallest absolute Gasteiger partial charge is 0.410 e. The molecule has 3 rings (SSSR count). The van der Waals surface area contributed by atoms with E-state index in [1.165, 1.54) is 18.1 Å². The summed E-state index contributed by atoms with van der Waals surface area (Å²) in [7, 11) is 2.88. The van der Waals surface area contributed by atoms with Gasteiger partial charge in [0.05, 0.1) is 13.7 Å². The molecule has 152 valence electrons. The fourth-order valence-corrected chi connectivity index (χ4v) is 3.70. The molecule has 6 nitrogen and oxygen atoms in total. The number of carbonyl (C=O) groups is 2. The molecule has 0 unspecified atom stereocenters. The molecule has 0 aromatic heterocycles. The zero-order chi connectivity index (χ0) is 20.9. The van der Waals surface area contributed by atoms with Crippen LogP contribution in [0.4, 0.5) is 4.79 Å². The van der Waals surface area contributed by atoms with E-state index in [0.29, 0.717) is 0 Å². The lowest BCUT2D eigenvalue weighted by Gasteiger charge is -2.28. The van der Waals surface area contributed by atoms with E-state index in [9.17, 15) is 9.59 Å². The molecule has 0 radical (unpaired) electrons. The van der Waals surface area contributed by atoms with Crippen molar-refractivity contribution in [2.45, 2.75) is 18.1 Å². The molecule has 1 amide bonds. The fourth-order valence-electron chi connectivity index (χ4n) is 3.70. The van der Waals surface area contributed by atoms with Crippen LogP contribution in [0.25, 0.3) is 11.1 Å². The Kier molecular flexibility index (Phi) is 6.34. The van der Waals surface area contributed by atoms with Crippen LogP contribution in [0.5, 0.6) is 0 Å². The second-order valence-electron chi connectivity index (χ2n) is 6.88. The Hall–Kier alpha value is -3.12. The van der Waals surface area contributed by atoms with Crippen molar-refractivity contribution >= 4 is 12.1 Å². The Balaban J connectivity index is 1.90. The van der Waals surface area contributed by atoms with Crippen molar-refractivity contribution in [2.24, 2.45) is 0 Å². The third kappa shape index (κ3) is 4.17. The van der Waals surface area contributed by atoms with Gasteiger partial charge in [0, 0.05) is 13.5 Å². The molecular weight excluding hydrogens is 370 g/mol. The van der Waals surface area contributed by atoms with Gasteiger partial charge in [-0.3, -0.25) is 4.90 Å². The van der Waals surface area contributed by atoms with E-state index in [-0.39, 0.29) is 19.6 Å². The first-order valence-corrected chi connectivity index (χ1v) is 9.38. The van der Waals surface area contributed by atoms with Gasteiger partial charge in [0.1, 0.15) is 18.2 Å². The number of nitrogens with zero attached hydrogens (tertiary/aromatic N) is 1. The van der Waals surface area contributed by atoms with Crippen LogP contribution in [0, 0.1) is 0 Å². The van der Waals surface area contributed by atoms with Gasteiger partial charge in [0.15, 0.2) is 0 Å². The molecule has 0 saturated carbocycles. The van der Waals surface area contributed by atoms with Gasteiger partial charge in [-0.2, -0.15) is 0 Å². The number of likely N-dealkylation sites (tertiary alicyclic amines) is 1. The van der Waals surface area contributed by atoms with E-state index in [4.69, 9.17) is 14.2 Å². The number of amides is 1. The highest BCUT2D eigenvalue weighted by molar-refractivity contribution is 5.82. The lowest BCUT2D eigenvalue weighted by molar-refractivity contribution is -0.145. The maximum absolute atomic E-state index is 12.5. The van der Waals surface area contributed by atoms with Crippen molar-refractivity contribution in [1.82, 2.24) is 4.90 Å². The summed E-state index contributed by atoms with van der Waals surface area (Å²) in [5.41, 5.74) is 2.23. The Morgan fingerprint density at radius 1 is 1.10 bits per heavy atom. The highest BCUT2D eigenvalue weighted by atomic mass is 16.6. The van der Waals surface area contributed by atoms with Crippen LogP contribution < -0.4 is 0 Å². The lowest BCUT2D eigenvalue weighted by atomic mass is 9.89. The van der Waals surface area contributed by atoms with Crippen LogP contribution in [0.15, 0.2) is 67.3 Å². The average molecular weight is 395 g/mol. The molecule has 2 aromatic carbocycles. The van der Waals surface area contributed by atoms with E-state index in [1.807, 2.05) is 54.6 Å². The number of ether oxygens (including phenoxy) is 3. The lowest BCUT2D eigenvalue weighted by Crippen LogP contribution is -2.42. The summed E-state index contributed by atoms with van der Waals surface area (Å²) in [6.45, 7) is 3.79. The molecule has 1 fully saturated rings. The first-order valence-electron chi connectivity index (χ1n) is 9.38. The van der Waals surface area contributed by atoms with E-state index in [1.54, 1.807) is 7.11 Å². The molecule has 0 bridgehead atoms. The number of rotatable bonds is 6. The minimum Gasteiger partial charge on any atom is -0.467 e. The predicted molar refractivity (Wildman–Crippen MR) is 109 cm³/mol. The highest BCUT2D eigenvalue weighted by Gasteiger charge is 2.51. The second kappa shape index (κ2) is 8.92. The van der Waals surface area contributed by atoms with Gasteiger partial charge < -0.3 is 14.2 Å². The van der Waals surface area contributed by atoms with Gasteiger partial charge in [-0.05, 0) is 16.7 Å². The first-order chi connectivity index (χ1) is 14.0. The van der Waals surface area contributed by atoms with Crippen LogP contribution in [0.1, 0.15) is 12.0 Å². The van der Waals surface area contributed by atoms with Crippen molar-refractivity contribution < 1.29 is 23.8 Å². The SMILES string of the molecule is C=CCOC(=O)N1C[C@](OC)(c2ccc(-c3ccccc3)cc2)C[C@H]1C(=O)OC. The van der Waals surface area contributed by atoms with Crippen molar-refractivity contribution in [3.63, 3.8) is 0 Å². The minimum atomic E-state index is -0.832. The maximum atomic E-state index is 12.5. The van der Waals surface area contributed by atoms with Crippen LogP contribution in [-0.2, 0) is 24.6 Å². The molecule has 2 aromatic rings. The number of carbonyl (C=O) groups excluding carboxylic acids is 2. The topological polar surface area (TPSA) is 65.1 Å². The highest BCUT2D eigenvalue weighted by Crippen LogP contribution is 2.40. The van der Waals surface area contributed by atoms with Gasteiger partial charge in [0.25, 0.3) is 0 Å². The summed E-state index contributed by atoms with van der Waals surface area (Å²) in [4.78, 5) is 26.2. The van der Waals surface area contributed by atoms with Crippen molar-refractivity contribution in [3.8, 4) is 11.1 Å². The molecule has 0 N–H and O–H groups in total. The number of esters is 1. The Morgan fingerprint density at radius 2 is 1.76 bits per heavy atom. The largest absolute Gasteiger partial charge is 0.467 e. The summed E-state index contributed by atoms with van der Waals surface area (Å²) in [6, 6.07) is 17.2.